The van der Waals surface area contributed by atoms with Gasteiger partial charge >= 0.3 is 0 Å². The van der Waals surface area contributed by atoms with E-state index in [2.05, 4.69) is 5.32 Å². The zero-order valence-electron chi connectivity index (χ0n) is 17.0. The SMILES string of the molecule is CCC(NC(=O)CN(c1cccc(C(C)=O)c1)S(C)(=O)=O)c1ccc(OC)cc1. The van der Waals surface area contributed by atoms with Crippen molar-refractivity contribution in [2.75, 3.05) is 24.2 Å². The molecular weight excluding hydrogens is 392 g/mol. The van der Waals surface area contributed by atoms with Crippen LogP contribution in [0.3, 0.4) is 0 Å². The summed E-state index contributed by atoms with van der Waals surface area (Å²) in [6, 6.07) is 13.3. The van der Waals surface area contributed by atoms with Crippen LogP contribution < -0.4 is 14.4 Å². The van der Waals surface area contributed by atoms with Crippen molar-refractivity contribution < 1.29 is 22.7 Å². The van der Waals surface area contributed by atoms with Crippen LogP contribution >= 0.6 is 0 Å². The summed E-state index contributed by atoms with van der Waals surface area (Å²) < 4.78 is 30.7. The Bertz CT molecular complexity index is 971. The minimum atomic E-state index is -3.73. The van der Waals surface area contributed by atoms with Gasteiger partial charge in [-0.3, -0.25) is 13.9 Å². The van der Waals surface area contributed by atoms with Gasteiger partial charge in [0.25, 0.3) is 0 Å². The van der Waals surface area contributed by atoms with E-state index in [1.807, 2.05) is 19.1 Å². The molecule has 1 N–H and O–H groups in total. The van der Waals surface area contributed by atoms with E-state index < -0.39 is 15.9 Å². The third kappa shape index (κ3) is 6.05. The number of anilines is 1. The molecule has 2 rings (SSSR count). The lowest BCUT2D eigenvalue weighted by atomic mass is 10.0. The number of hydrogen-bond donors (Lipinski definition) is 1. The number of nitrogens with zero attached hydrogens (tertiary/aromatic N) is 1. The lowest BCUT2D eigenvalue weighted by Gasteiger charge is -2.24. The van der Waals surface area contributed by atoms with Crippen LogP contribution in [0.25, 0.3) is 0 Å². The number of Topliss-reactive ketones (excluding diaryl/α,β-unsaturated/α-hetero) is 1. The number of carbonyl (C=O) groups is 2. The fourth-order valence-corrected chi connectivity index (χ4v) is 3.76. The molecule has 0 aliphatic heterocycles. The highest BCUT2D eigenvalue weighted by Gasteiger charge is 2.23. The second-order valence-corrected chi connectivity index (χ2v) is 8.58. The molecule has 0 bridgehead atoms. The van der Waals surface area contributed by atoms with Crippen molar-refractivity contribution in [2.45, 2.75) is 26.3 Å². The van der Waals surface area contributed by atoms with E-state index in [9.17, 15) is 18.0 Å². The maximum Gasteiger partial charge on any atom is 0.241 e. The standard InChI is InChI=1S/C21H26N2O5S/c1-5-20(16-9-11-19(28-3)12-10-16)22-21(25)14-23(29(4,26)27)18-8-6-7-17(13-18)15(2)24/h6-13,20H,5,14H2,1-4H3,(H,22,25). The monoisotopic (exact) mass is 418 g/mol. The maximum absolute atomic E-state index is 12.6. The molecule has 1 unspecified atom stereocenters. The Morgan fingerprint density at radius 1 is 1.14 bits per heavy atom. The van der Waals surface area contributed by atoms with E-state index >= 15 is 0 Å². The van der Waals surface area contributed by atoms with E-state index in [0.717, 1.165) is 16.1 Å². The Hall–Kier alpha value is -2.87. The van der Waals surface area contributed by atoms with Crippen molar-refractivity contribution in [1.82, 2.24) is 5.32 Å². The van der Waals surface area contributed by atoms with Gasteiger partial charge in [-0.25, -0.2) is 8.42 Å². The number of rotatable bonds is 9. The van der Waals surface area contributed by atoms with Crippen LogP contribution in [0.1, 0.15) is 42.2 Å². The lowest BCUT2D eigenvalue weighted by Crippen LogP contribution is -2.41. The van der Waals surface area contributed by atoms with Gasteiger partial charge in [0.1, 0.15) is 12.3 Å². The number of amides is 1. The lowest BCUT2D eigenvalue weighted by molar-refractivity contribution is -0.120. The van der Waals surface area contributed by atoms with E-state index in [1.165, 1.54) is 13.0 Å². The number of ether oxygens (including phenoxy) is 1. The number of nitrogens with one attached hydrogen (secondary N) is 1. The highest BCUT2D eigenvalue weighted by molar-refractivity contribution is 7.92. The van der Waals surface area contributed by atoms with E-state index in [1.54, 1.807) is 37.4 Å². The Morgan fingerprint density at radius 2 is 1.79 bits per heavy atom. The molecule has 1 atom stereocenters. The normalized spacial score (nSPS) is 12.1. The number of carbonyl (C=O) groups excluding carboxylic acids is 2. The zero-order chi connectivity index (χ0) is 21.6. The predicted octanol–water partition coefficient (Wildman–Crippen LogP) is 2.93. The average Bonchev–Trinajstić information content (AvgIpc) is 2.69. The molecule has 2 aromatic carbocycles. The molecule has 1 amide bonds. The number of ketones is 1. The molecule has 0 aromatic heterocycles. The molecular formula is C21H26N2O5S. The molecule has 0 aliphatic rings. The van der Waals surface area contributed by atoms with Crippen LogP contribution in [-0.4, -0.2) is 40.0 Å². The van der Waals surface area contributed by atoms with Gasteiger partial charge < -0.3 is 10.1 Å². The van der Waals surface area contributed by atoms with Gasteiger partial charge in [0.2, 0.25) is 15.9 Å². The molecule has 0 aliphatic carbocycles. The topological polar surface area (TPSA) is 92.8 Å². The largest absolute Gasteiger partial charge is 0.497 e. The first-order valence-corrected chi connectivity index (χ1v) is 11.0. The van der Waals surface area contributed by atoms with Gasteiger partial charge in [-0.1, -0.05) is 31.2 Å². The second kappa shape index (κ2) is 9.56. The van der Waals surface area contributed by atoms with Gasteiger partial charge in [-0.2, -0.15) is 0 Å². The van der Waals surface area contributed by atoms with Crippen molar-refractivity contribution in [3.8, 4) is 5.75 Å². The number of hydrogen-bond acceptors (Lipinski definition) is 5. The summed E-state index contributed by atoms with van der Waals surface area (Å²) in [4.78, 5) is 24.3. The van der Waals surface area contributed by atoms with Crippen molar-refractivity contribution in [2.24, 2.45) is 0 Å². The van der Waals surface area contributed by atoms with Crippen molar-refractivity contribution >= 4 is 27.4 Å². The van der Waals surface area contributed by atoms with Crippen molar-refractivity contribution in [1.29, 1.82) is 0 Å². The first kappa shape index (κ1) is 22.4. The molecule has 0 heterocycles. The maximum atomic E-state index is 12.6. The van der Waals surface area contributed by atoms with E-state index in [0.29, 0.717) is 17.7 Å². The molecule has 7 nitrogen and oxygen atoms in total. The van der Waals surface area contributed by atoms with Crippen molar-refractivity contribution in [3.05, 3.63) is 59.7 Å². The third-order valence-electron chi connectivity index (χ3n) is 4.49. The van der Waals surface area contributed by atoms with E-state index in [4.69, 9.17) is 4.74 Å². The van der Waals surface area contributed by atoms with Crippen LogP contribution in [-0.2, 0) is 14.8 Å². The smallest absolute Gasteiger partial charge is 0.241 e. The van der Waals surface area contributed by atoms with Crippen LogP contribution in [0.15, 0.2) is 48.5 Å². The molecule has 156 valence electrons. The highest BCUT2D eigenvalue weighted by Crippen LogP contribution is 2.22. The quantitative estimate of drug-likeness (QED) is 0.632. The van der Waals surface area contributed by atoms with Crippen LogP contribution in [0.4, 0.5) is 5.69 Å². The molecule has 8 heteroatoms. The van der Waals surface area contributed by atoms with Gasteiger partial charge in [0, 0.05) is 5.56 Å². The van der Waals surface area contributed by atoms with E-state index in [-0.39, 0.29) is 24.1 Å². The van der Waals surface area contributed by atoms with Crippen LogP contribution in [0.2, 0.25) is 0 Å². The Morgan fingerprint density at radius 3 is 2.31 bits per heavy atom. The molecule has 0 spiro atoms. The molecule has 0 radical (unpaired) electrons. The Balaban J connectivity index is 2.21. The molecule has 2 aromatic rings. The third-order valence-corrected chi connectivity index (χ3v) is 5.63. The summed E-state index contributed by atoms with van der Waals surface area (Å²) in [6.45, 7) is 2.95. The number of sulfonamides is 1. The zero-order valence-corrected chi connectivity index (χ0v) is 17.8. The molecule has 0 fully saturated rings. The van der Waals surface area contributed by atoms with Gasteiger partial charge in [0.05, 0.1) is 25.1 Å². The van der Waals surface area contributed by atoms with Gasteiger partial charge in [-0.05, 0) is 43.2 Å². The van der Waals surface area contributed by atoms with Crippen LogP contribution in [0.5, 0.6) is 5.75 Å². The summed E-state index contributed by atoms with van der Waals surface area (Å²) in [6.07, 6.45) is 1.66. The molecule has 0 saturated carbocycles. The summed E-state index contributed by atoms with van der Waals surface area (Å²) in [5.74, 6) is 0.0881. The van der Waals surface area contributed by atoms with Gasteiger partial charge in [0.15, 0.2) is 5.78 Å². The Kier molecular flexibility index (Phi) is 7.39. The average molecular weight is 419 g/mol. The summed E-state index contributed by atoms with van der Waals surface area (Å²) >= 11 is 0. The summed E-state index contributed by atoms with van der Waals surface area (Å²) in [7, 11) is -2.15. The first-order chi connectivity index (χ1) is 13.7. The molecule has 29 heavy (non-hydrogen) atoms. The fourth-order valence-electron chi connectivity index (χ4n) is 2.91. The highest BCUT2D eigenvalue weighted by atomic mass is 32.2. The fraction of sp³-hybridized carbons (Fsp3) is 0.333. The molecule has 0 saturated heterocycles. The summed E-state index contributed by atoms with van der Waals surface area (Å²) in [5.41, 5.74) is 1.54. The summed E-state index contributed by atoms with van der Waals surface area (Å²) in [5, 5.41) is 2.88. The van der Waals surface area contributed by atoms with Crippen LogP contribution in [0, 0.1) is 0 Å². The Labute approximate surface area is 171 Å². The first-order valence-electron chi connectivity index (χ1n) is 9.17. The van der Waals surface area contributed by atoms with Crippen molar-refractivity contribution in [3.63, 3.8) is 0 Å². The number of methoxy groups -OCH3 is 1. The minimum Gasteiger partial charge on any atom is -0.497 e. The minimum absolute atomic E-state index is 0.185. The predicted molar refractivity (Wildman–Crippen MR) is 113 cm³/mol. The second-order valence-electron chi connectivity index (χ2n) is 6.68. The number of benzene rings is 2. The van der Waals surface area contributed by atoms with Gasteiger partial charge in [-0.15, -0.1) is 0 Å².